The second-order valence-corrected chi connectivity index (χ2v) is 6.02. The highest BCUT2D eigenvalue weighted by molar-refractivity contribution is 5.33. The third-order valence-corrected chi connectivity index (χ3v) is 4.80. The Morgan fingerprint density at radius 1 is 0.810 bits per heavy atom. The Kier molecular flexibility index (Phi) is 4.72. The Labute approximate surface area is 128 Å². The molecule has 1 heteroatoms. The van der Waals surface area contributed by atoms with Crippen LogP contribution in [0.4, 0.5) is 0 Å². The van der Waals surface area contributed by atoms with Gasteiger partial charge in [0.15, 0.2) is 0 Å². The summed E-state index contributed by atoms with van der Waals surface area (Å²) < 4.78 is 5.83. The lowest BCUT2D eigenvalue weighted by atomic mass is 9.72. The SMILES string of the molecule is CO[C@@H]1CCCC[C@@H]1C(c1ccccc1)c1ccccc1. The first kappa shape index (κ1) is 14.3. The summed E-state index contributed by atoms with van der Waals surface area (Å²) in [5, 5.41) is 0. The third-order valence-electron chi connectivity index (χ3n) is 4.80. The Morgan fingerprint density at radius 2 is 1.33 bits per heavy atom. The molecule has 1 fully saturated rings. The molecule has 21 heavy (non-hydrogen) atoms. The van der Waals surface area contributed by atoms with E-state index in [1.54, 1.807) is 0 Å². The van der Waals surface area contributed by atoms with Crippen molar-refractivity contribution in [2.24, 2.45) is 5.92 Å². The van der Waals surface area contributed by atoms with Crippen molar-refractivity contribution in [3.63, 3.8) is 0 Å². The molecule has 110 valence electrons. The molecule has 0 spiro atoms. The van der Waals surface area contributed by atoms with E-state index in [0.29, 0.717) is 17.9 Å². The van der Waals surface area contributed by atoms with Crippen LogP contribution in [-0.2, 0) is 4.74 Å². The first-order valence-corrected chi connectivity index (χ1v) is 8.03. The van der Waals surface area contributed by atoms with Crippen LogP contribution in [0.3, 0.4) is 0 Å². The average molecular weight is 280 g/mol. The van der Waals surface area contributed by atoms with Gasteiger partial charge in [0.1, 0.15) is 0 Å². The van der Waals surface area contributed by atoms with E-state index in [1.807, 2.05) is 7.11 Å². The number of benzene rings is 2. The fraction of sp³-hybridized carbons (Fsp3) is 0.400. The lowest BCUT2D eigenvalue weighted by Gasteiger charge is -2.37. The minimum absolute atomic E-state index is 0.379. The summed E-state index contributed by atoms with van der Waals surface area (Å²) in [7, 11) is 1.87. The smallest absolute Gasteiger partial charge is 0.0608 e. The van der Waals surface area contributed by atoms with E-state index in [4.69, 9.17) is 4.74 Å². The van der Waals surface area contributed by atoms with Crippen LogP contribution < -0.4 is 0 Å². The number of ether oxygens (including phenoxy) is 1. The van der Waals surface area contributed by atoms with Crippen molar-refractivity contribution in [3.8, 4) is 0 Å². The molecule has 0 aliphatic heterocycles. The van der Waals surface area contributed by atoms with Crippen LogP contribution in [0.2, 0.25) is 0 Å². The van der Waals surface area contributed by atoms with Gasteiger partial charge in [0, 0.05) is 13.0 Å². The molecule has 1 saturated carbocycles. The molecular weight excluding hydrogens is 256 g/mol. The first-order valence-electron chi connectivity index (χ1n) is 8.03. The normalized spacial score (nSPS) is 22.4. The van der Waals surface area contributed by atoms with Gasteiger partial charge in [0.2, 0.25) is 0 Å². The predicted molar refractivity (Wildman–Crippen MR) is 87.5 cm³/mol. The summed E-state index contributed by atoms with van der Waals surface area (Å²) in [5.41, 5.74) is 2.83. The standard InChI is InChI=1S/C20H24O/c1-21-19-15-9-8-14-18(19)20(16-10-4-2-5-11-16)17-12-6-3-7-13-17/h2-7,10-13,18-20H,8-9,14-15H2,1H3/t18-,19+/m0/s1. The van der Waals surface area contributed by atoms with Gasteiger partial charge in [-0.2, -0.15) is 0 Å². The summed E-state index contributed by atoms with van der Waals surface area (Å²) in [4.78, 5) is 0. The Morgan fingerprint density at radius 3 is 1.86 bits per heavy atom. The molecule has 1 aliphatic rings. The monoisotopic (exact) mass is 280 g/mol. The Hall–Kier alpha value is -1.60. The minimum atomic E-state index is 0.379. The highest BCUT2D eigenvalue weighted by Gasteiger charge is 2.33. The molecule has 0 saturated heterocycles. The average Bonchev–Trinajstić information content (AvgIpc) is 2.58. The molecule has 0 unspecified atom stereocenters. The van der Waals surface area contributed by atoms with Crippen molar-refractivity contribution in [2.45, 2.75) is 37.7 Å². The fourth-order valence-electron chi connectivity index (χ4n) is 3.81. The van der Waals surface area contributed by atoms with Crippen molar-refractivity contribution >= 4 is 0 Å². The lowest BCUT2D eigenvalue weighted by molar-refractivity contribution is 0.0173. The van der Waals surface area contributed by atoms with Crippen LogP contribution in [0, 0.1) is 5.92 Å². The molecule has 1 aliphatic carbocycles. The summed E-state index contributed by atoms with van der Waals surface area (Å²) >= 11 is 0. The van der Waals surface area contributed by atoms with Gasteiger partial charge in [-0.15, -0.1) is 0 Å². The van der Waals surface area contributed by atoms with Crippen LogP contribution in [-0.4, -0.2) is 13.2 Å². The van der Waals surface area contributed by atoms with Crippen molar-refractivity contribution in [1.82, 2.24) is 0 Å². The fourth-order valence-corrected chi connectivity index (χ4v) is 3.81. The quantitative estimate of drug-likeness (QED) is 0.763. The number of hydrogen-bond donors (Lipinski definition) is 0. The maximum absolute atomic E-state index is 5.83. The number of methoxy groups -OCH3 is 1. The van der Waals surface area contributed by atoms with Gasteiger partial charge in [-0.3, -0.25) is 0 Å². The molecule has 0 heterocycles. The third kappa shape index (κ3) is 3.19. The van der Waals surface area contributed by atoms with Crippen LogP contribution in [0.25, 0.3) is 0 Å². The molecule has 1 nitrogen and oxygen atoms in total. The minimum Gasteiger partial charge on any atom is -0.381 e. The molecule has 3 rings (SSSR count). The first-order chi connectivity index (χ1) is 10.4. The summed E-state index contributed by atoms with van der Waals surface area (Å²) in [5.74, 6) is 1.02. The molecule has 0 radical (unpaired) electrons. The van der Waals surface area contributed by atoms with Crippen LogP contribution in [0.15, 0.2) is 60.7 Å². The van der Waals surface area contributed by atoms with Gasteiger partial charge in [0.05, 0.1) is 6.10 Å². The van der Waals surface area contributed by atoms with E-state index in [1.165, 1.54) is 36.8 Å². The second-order valence-electron chi connectivity index (χ2n) is 6.02. The highest BCUT2D eigenvalue weighted by Crippen LogP contribution is 2.41. The van der Waals surface area contributed by atoms with E-state index in [-0.39, 0.29) is 0 Å². The predicted octanol–water partition coefficient (Wildman–Crippen LogP) is 5.02. The molecule has 0 aromatic heterocycles. The Bertz CT molecular complexity index is 495. The van der Waals surface area contributed by atoms with E-state index in [0.717, 1.165) is 0 Å². The van der Waals surface area contributed by atoms with E-state index < -0.39 is 0 Å². The van der Waals surface area contributed by atoms with Crippen molar-refractivity contribution < 1.29 is 4.74 Å². The molecule has 2 aromatic carbocycles. The molecule has 2 atom stereocenters. The topological polar surface area (TPSA) is 9.23 Å². The van der Waals surface area contributed by atoms with Crippen molar-refractivity contribution in [1.29, 1.82) is 0 Å². The van der Waals surface area contributed by atoms with Crippen LogP contribution in [0.1, 0.15) is 42.7 Å². The zero-order valence-corrected chi connectivity index (χ0v) is 12.7. The van der Waals surface area contributed by atoms with Gasteiger partial charge >= 0.3 is 0 Å². The number of rotatable bonds is 4. The van der Waals surface area contributed by atoms with E-state index >= 15 is 0 Å². The molecular formula is C20H24O. The van der Waals surface area contributed by atoms with Gasteiger partial charge in [-0.25, -0.2) is 0 Å². The maximum Gasteiger partial charge on any atom is 0.0608 e. The van der Waals surface area contributed by atoms with Gasteiger partial charge < -0.3 is 4.74 Å². The second kappa shape index (κ2) is 6.91. The summed E-state index contributed by atoms with van der Waals surface area (Å²) in [6, 6.07) is 21.8. The largest absolute Gasteiger partial charge is 0.381 e. The number of hydrogen-bond acceptors (Lipinski definition) is 1. The van der Waals surface area contributed by atoms with E-state index in [2.05, 4.69) is 60.7 Å². The highest BCUT2D eigenvalue weighted by atomic mass is 16.5. The molecule has 0 bridgehead atoms. The molecule has 2 aromatic rings. The van der Waals surface area contributed by atoms with Crippen LogP contribution in [0.5, 0.6) is 0 Å². The Balaban J connectivity index is 2.00. The maximum atomic E-state index is 5.83. The summed E-state index contributed by atoms with van der Waals surface area (Å²) in [6.07, 6.45) is 5.44. The summed E-state index contributed by atoms with van der Waals surface area (Å²) in [6.45, 7) is 0. The van der Waals surface area contributed by atoms with Gasteiger partial charge in [0.25, 0.3) is 0 Å². The zero-order chi connectivity index (χ0) is 14.5. The zero-order valence-electron chi connectivity index (χ0n) is 12.7. The molecule has 0 N–H and O–H groups in total. The van der Waals surface area contributed by atoms with Crippen LogP contribution >= 0.6 is 0 Å². The van der Waals surface area contributed by atoms with Crippen molar-refractivity contribution in [2.75, 3.05) is 7.11 Å². The van der Waals surface area contributed by atoms with Gasteiger partial charge in [-0.05, 0) is 29.9 Å². The van der Waals surface area contributed by atoms with Crippen molar-refractivity contribution in [3.05, 3.63) is 71.8 Å². The lowest BCUT2D eigenvalue weighted by Crippen LogP contribution is -2.32. The van der Waals surface area contributed by atoms with Gasteiger partial charge in [-0.1, -0.05) is 73.5 Å². The van der Waals surface area contributed by atoms with E-state index in [9.17, 15) is 0 Å². The molecule has 0 amide bonds.